The summed E-state index contributed by atoms with van der Waals surface area (Å²) in [6.07, 6.45) is 1.29. The summed E-state index contributed by atoms with van der Waals surface area (Å²) in [5.74, 6) is 0.843. The van der Waals surface area contributed by atoms with Crippen molar-refractivity contribution in [3.63, 3.8) is 0 Å². The van der Waals surface area contributed by atoms with Crippen molar-refractivity contribution in [1.29, 1.82) is 0 Å². The monoisotopic (exact) mass is 208 g/mol. The minimum atomic E-state index is -0.252. The second-order valence-electron chi connectivity index (χ2n) is 3.17. The number of ether oxygens (including phenoxy) is 2. The Morgan fingerprint density at radius 1 is 1.27 bits per heavy atom. The van der Waals surface area contributed by atoms with Gasteiger partial charge in [0.25, 0.3) is 0 Å². The summed E-state index contributed by atoms with van der Waals surface area (Å²) >= 11 is 0. The molecule has 0 spiro atoms. The molecule has 3 nitrogen and oxygen atoms in total. The average molecular weight is 208 g/mol. The van der Waals surface area contributed by atoms with Gasteiger partial charge in [-0.2, -0.15) is 0 Å². The van der Waals surface area contributed by atoms with Crippen LogP contribution in [0.2, 0.25) is 0 Å². The van der Waals surface area contributed by atoms with Crippen molar-refractivity contribution in [3.05, 3.63) is 23.8 Å². The fourth-order valence-corrected chi connectivity index (χ4v) is 1.21. The largest absolute Gasteiger partial charge is 0.493 e. The second kappa shape index (κ2) is 5.39. The predicted octanol–water partition coefficient (Wildman–Crippen LogP) is 2.57. The van der Waals surface area contributed by atoms with Crippen LogP contribution in [0.4, 0.5) is 0 Å². The first-order valence-electron chi connectivity index (χ1n) is 5.08. The molecule has 0 aliphatic carbocycles. The fourth-order valence-electron chi connectivity index (χ4n) is 1.21. The number of rotatable bonds is 4. The maximum absolute atomic E-state index is 11.1. The molecule has 0 amide bonds. The number of carbonyl (C=O) groups excluding carboxylic acids is 1. The Balaban J connectivity index is 2.92. The minimum absolute atomic E-state index is 0.252. The van der Waals surface area contributed by atoms with Crippen molar-refractivity contribution in [2.75, 3.05) is 7.11 Å². The number of aryl methyl sites for hydroxylation is 1. The molecule has 0 N–H and O–H groups in total. The molecule has 0 heterocycles. The molecule has 0 fully saturated rings. The molecule has 15 heavy (non-hydrogen) atoms. The third-order valence-electron chi connectivity index (χ3n) is 2.15. The number of hydrogen-bond acceptors (Lipinski definition) is 3. The van der Waals surface area contributed by atoms with Gasteiger partial charge in [0.2, 0.25) is 0 Å². The van der Waals surface area contributed by atoms with Crippen molar-refractivity contribution in [2.24, 2.45) is 0 Å². The number of carbonyl (C=O) groups is 1. The van der Waals surface area contributed by atoms with E-state index in [1.165, 1.54) is 0 Å². The second-order valence-corrected chi connectivity index (χ2v) is 3.17. The van der Waals surface area contributed by atoms with Crippen LogP contribution in [0.5, 0.6) is 11.5 Å². The lowest BCUT2D eigenvalue weighted by Crippen LogP contribution is -2.06. The molecule has 1 rings (SSSR count). The van der Waals surface area contributed by atoms with Crippen molar-refractivity contribution < 1.29 is 14.3 Å². The number of benzene rings is 1. The highest BCUT2D eigenvalue weighted by Crippen LogP contribution is 2.28. The van der Waals surface area contributed by atoms with E-state index >= 15 is 0 Å². The predicted molar refractivity (Wildman–Crippen MR) is 58.3 cm³/mol. The van der Waals surface area contributed by atoms with Crippen LogP contribution >= 0.6 is 0 Å². The molecule has 1 aromatic rings. The van der Waals surface area contributed by atoms with E-state index in [-0.39, 0.29) is 5.97 Å². The van der Waals surface area contributed by atoms with Gasteiger partial charge in [-0.05, 0) is 24.1 Å². The molecule has 0 saturated heterocycles. The Morgan fingerprint density at radius 2 is 2.00 bits per heavy atom. The maximum atomic E-state index is 11.1. The lowest BCUT2D eigenvalue weighted by molar-refractivity contribution is -0.134. The fraction of sp³-hybridized carbons (Fsp3) is 0.417. The van der Waals surface area contributed by atoms with Gasteiger partial charge < -0.3 is 9.47 Å². The molecule has 0 saturated carbocycles. The summed E-state index contributed by atoms with van der Waals surface area (Å²) < 4.78 is 10.3. The van der Waals surface area contributed by atoms with Gasteiger partial charge in [-0.3, -0.25) is 4.79 Å². The van der Waals surface area contributed by atoms with Crippen LogP contribution in [0.1, 0.15) is 25.8 Å². The van der Waals surface area contributed by atoms with Gasteiger partial charge in [0.05, 0.1) is 7.11 Å². The summed E-state index contributed by atoms with van der Waals surface area (Å²) in [4.78, 5) is 11.1. The molecule has 0 aliphatic heterocycles. The highest BCUT2D eigenvalue weighted by Gasteiger charge is 2.08. The van der Waals surface area contributed by atoms with Gasteiger partial charge in [0.1, 0.15) is 0 Å². The normalized spacial score (nSPS) is 9.80. The van der Waals surface area contributed by atoms with E-state index in [9.17, 15) is 4.79 Å². The Labute approximate surface area is 90.0 Å². The number of esters is 1. The third-order valence-corrected chi connectivity index (χ3v) is 2.15. The molecular weight excluding hydrogens is 192 g/mol. The number of hydrogen-bond donors (Lipinski definition) is 0. The molecule has 0 radical (unpaired) electrons. The molecule has 0 bridgehead atoms. The van der Waals surface area contributed by atoms with Crippen molar-refractivity contribution in [3.8, 4) is 11.5 Å². The van der Waals surface area contributed by atoms with Crippen LogP contribution in [0, 0.1) is 0 Å². The topological polar surface area (TPSA) is 35.5 Å². The Hall–Kier alpha value is -1.51. The Morgan fingerprint density at radius 3 is 2.53 bits per heavy atom. The highest BCUT2D eigenvalue weighted by atomic mass is 16.6. The molecule has 0 aliphatic rings. The molecule has 0 unspecified atom stereocenters. The standard InChI is InChI=1S/C12H16O3/c1-4-9-6-7-10(11(8-9)14-3)15-12(13)5-2/h6-8H,4-5H2,1-3H3. The van der Waals surface area contributed by atoms with Gasteiger partial charge in [0, 0.05) is 6.42 Å². The Kier molecular flexibility index (Phi) is 4.16. The van der Waals surface area contributed by atoms with E-state index in [2.05, 4.69) is 6.92 Å². The lowest BCUT2D eigenvalue weighted by atomic mass is 10.1. The first-order chi connectivity index (χ1) is 7.21. The van der Waals surface area contributed by atoms with Gasteiger partial charge in [-0.25, -0.2) is 0 Å². The van der Waals surface area contributed by atoms with E-state index in [1.807, 2.05) is 12.1 Å². The van der Waals surface area contributed by atoms with E-state index in [1.54, 1.807) is 20.1 Å². The smallest absolute Gasteiger partial charge is 0.311 e. The summed E-state index contributed by atoms with van der Waals surface area (Å²) in [6.45, 7) is 3.82. The van der Waals surface area contributed by atoms with Crippen LogP contribution in [0.3, 0.4) is 0 Å². The SMILES string of the molecule is CCC(=O)Oc1ccc(CC)cc1OC. The summed E-state index contributed by atoms with van der Waals surface area (Å²) in [5, 5.41) is 0. The summed E-state index contributed by atoms with van der Waals surface area (Å²) in [5.41, 5.74) is 1.16. The zero-order chi connectivity index (χ0) is 11.3. The van der Waals surface area contributed by atoms with Crippen LogP contribution in [0.15, 0.2) is 18.2 Å². The van der Waals surface area contributed by atoms with Crippen molar-refractivity contribution in [2.45, 2.75) is 26.7 Å². The van der Waals surface area contributed by atoms with Crippen molar-refractivity contribution >= 4 is 5.97 Å². The van der Waals surface area contributed by atoms with Crippen LogP contribution in [-0.2, 0) is 11.2 Å². The molecule has 82 valence electrons. The van der Waals surface area contributed by atoms with Crippen LogP contribution in [0.25, 0.3) is 0 Å². The minimum Gasteiger partial charge on any atom is -0.493 e. The number of methoxy groups -OCH3 is 1. The quantitative estimate of drug-likeness (QED) is 0.563. The molecular formula is C12H16O3. The first kappa shape index (κ1) is 11.6. The van der Waals surface area contributed by atoms with Gasteiger partial charge >= 0.3 is 5.97 Å². The lowest BCUT2D eigenvalue weighted by Gasteiger charge is -2.09. The first-order valence-corrected chi connectivity index (χ1v) is 5.08. The Bertz CT molecular complexity index is 345. The van der Waals surface area contributed by atoms with E-state index in [0.717, 1.165) is 12.0 Å². The molecule has 3 heteroatoms. The van der Waals surface area contributed by atoms with Gasteiger partial charge in [-0.15, -0.1) is 0 Å². The van der Waals surface area contributed by atoms with Gasteiger partial charge in [-0.1, -0.05) is 19.9 Å². The van der Waals surface area contributed by atoms with E-state index in [0.29, 0.717) is 17.9 Å². The molecule has 0 atom stereocenters. The van der Waals surface area contributed by atoms with Gasteiger partial charge in [0.15, 0.2) is 11.5 Å². The zero-order valence-electron chi connectivity index (χ0n) is 9.37. The summed E-state index contributed by atoms with van der Waals surface area (Å²) in [7, 11) is 1.57. The van der Waals surface area contributed by atoms with E-state index < -0.39 is 0 Å². The zero-order valence-corrected chi connectivity index (χ0v) is 9.37. The third kappa shape index (κ3) is 2.98. The average Bonchev–Trinajstić information content (AvgIpc) is 2.29. The van der Waals surface area contributed by atoms with Crippen LogP contribution < -0.4 is 9.47 Å². The maximum Gasteiger partial charge on any atom is 0.311 e. The van der Waals surface area contributed by atoms with Crippen molar-refractivity contribution in [1.82, 2.24) is 0 Å². The van der Waals surface area contributed by atoms with Crippen LogP contribution in [-0.4, -0.2) is 13.1 Å². The highest BCUT2D eigenvalue weighted by molar-refractivity contribution is 5.72. The molecule has 0 aromatic heterocycles. The van der Waals surface area contributed by atoms with E-state index in [4.69, 9.17) is 9.47 Å². The molecule has 1 aromatic carbocycles. The summed E-state index contributed by atoms with van der Waals surface area (Å²) in [6, 6.07) is 5.59.